The molecule has 3 atom stereocenters. The maximum absolute atomic E-state index is 13.6. The van der Waals surface area contributed by atoms with E-state index in [0.717, 1.165) is 41.8 Å². The van der Waals surface area contributed by atoms with Crippen molar-refractivity contribution < 1.29 is 24.2 Å². The van der Waals surface area contributed by atoms with Crippen molar-refractivity contribution in [2.75, 3.05) is 9.80 Å². The Morgan fingerprint density at radius 3 is 2.27 bits per heavy atom. The first-order valence-electron chi connectivity index (χ1n) is 12.7. The van der Waals surface area contributed by atoms with Gasteiger partial charge in [0, 0.05) is 24.1 Å². The highest BCUT2D eigenvalue weighted by molar-refractivity contribution is 5.97. The molecule has 1 N–H and O–H groups in total. The van der Waals surface area contributed by atoms with Crippen LogP contribution in [-0.2, 0) is 20.9 Å². The first-order chi connectivity index (χ1) is 18.0. The lowest BCUT2D eigenvalue weighted by atomic mass is 9.81. The van der Waals surface area contributed by atoms with Crippen molar-refractivity contribution in [3.05, 3.63) is 96.1 Å². The molecule has 1 aliphatic heterocycles. The van der Waals surface area contributed by atoms with Gasteiger partial charge in [-0.3, -0.25) is 14.5 Å². The van der Waals surface area contributed by atoms with Gasteiger partial charge in [0.1, 0.15) is 6.61 Å². The molecule has 1 fully saturated rings. The molecular weight excluding hydrogens is 468 g/mol. The Morgan fingerprint density at radius 2 is 1.54 bits per heavy atom. The lowest BCUT2D eigenvalue weighted by Gasteiger charge is -2.47. The number of carbonyl (C=O) groups is 3. The van der Waals surface area contributed by atoms with Gasteiger partial charge in [0.25, 0.3) is 0 Å². The molecule has 190 valence electrons. The van der Waals surface area contributed by atoms with E-state index in [2.05, 4.69) is 0 Å². The third-order valence-corrected chi connectivity index (χ3v) is 7.32. The van der Waals surface area contributed by atoms with Crippen LogP contribution in [0.3, 0.4) is 0 Å². The number of carboxylic acids is 1. The van der Waals surface area contributed by atoms with Crippen LogP contribution in [0, 0.1) is 5.92 Å². The van der Waals surface area contributed by atoms with Gasteiger partial charge in [0.2, 0.25) is 5.91 Å². The Labute approximate surface area is 216 Å². The molecule has 3 aromatic carbocycles. The van der Waals surface area contributed by atoms with Crippen LogP contribution in [0.1, 0.15) is 49.3 Å². The van der Waals surface area contributed by atoms with Gasteiger partial charge < -0.3 is 14.7 Å². The molecule has 0 unspecified atom stereocenters. The van der Waals surface area contributed by atoms with Crippen molar-refractivity contribution >= 4 is 29.3 Å². The molecule has 37 heavy (non-hydrogen) atoms. The van der Waals surface area contributed by atoms with E-state index in [0.29, 0.717) is 0 Å². The van der Waals surface area contributed by atoms with Gasteiger partial charge in [-0.2, -0.15) is 0 Å². The number of anilines is 2. The van der Waals surface area contributed by atoms with Crippen LogP contribution in [-0.4, -0.2) is 29.1 Å². The SMILES string of the molecule is O=C(O)CCC(=O)N(c1ccccc1)[C@H]1c2ccccc2N(C(=O)OCc2ccccc2)[C@H]2CCC[C@H]21. The minimum absolute atomic E-state index is 0.00633. The Morgan fingerprint density at radius 1 is 0.865 bits per heavy atom. The van der Waals surface area contributed by atoms with E-state index in [9.17, 15) is 19.5 Å². The average molecular weight is 499 g/mol. The van der Waals surface area contributed by atoms with Crippen molar-refractivity contribution in [2.24, 2.45) is 5.92 Å². The van der Waals surface area contributed by atoms with Crippen molar-refractivity contribution in [1.82, 2.24) is 0 Å². The summed E-state index contributed by atoms with van der Waals surface area (Å²) < 4.78 is 5.77. The van der Waals surface area contributed by atoms with Gasteiger partial charge in [-0.05, 0) is 42.2 Å². The maximum atomic E-state index is 13.6. The molecule has 2 aliphatic rings. The summed E-state index contributed by atoms with van der Waals surface area (Å²) in [5, 5.41) is 9.23. The number of nitrogens with zero attached hydrogens (tertiary/aromatic N) is 2. The second kappa shape index (κ2) is 10.9. The number of carbonyl (C=O) groups excluding carboxylic acids is 2. The summed E-state index contributed by atoms with van der Waals surface area (Å²) in [6, 6.07) is 26.2. The van der Waals surface area contributed by atoms with Gasteiger partial charge in [0.05, 0.1) is 18.2 Å². The number of aliphatic carboxylic acids is 1. The van der Waals surface area contributed by atoms with E-state index in [4.69, 9.17) is 4.74 Å². The van der Waals surface area contributed by atoms with Crippen molar-refractivity contribution in [3.63, 3.8) is 0 Å². The van der Waals surface area contributed by atoms with Gasteiger partial charge >= 0.3 is 12.1 Å². The van der Waals surface area contributed by atoms with Crippen LogP contribution in [0.5, 0.6) is 0 Å². The molecule has 1 aliphatic carbocycles. The van der Waals surface area contributed by atoms with Gasteiger partial charge in [-0.15, -0.1) is 0 Å². The van der Waals surface area contributed by atoms with Crippen molar-refractivity contribution in [2.45, 2.75) is 50.8 Å². The first-order valence-corrected chi connectivity index (χ1v) is 12.7. The third-order valence-electron chi connectivity index (χ3n) is 7.32. The van der Waals surface area contributed by atoms with E-state index >= 15 is 0 Å². The number of rotatable bonds is 7. The average Bonchev–Trinajstić information content (AvgIpc) is 3.41. The predicted octanol–water partition coefficient (Wildman–Crippen LogP) is 5.95. The Bertz CT molecular complexity index is 1260. The standard InChI is InChI=1S/C30H30N2O5/c33-27(18-19-28(34)35)31(22-12-5-2-6-13-22)29-23-14-7-8-16-25(23)32(26-17-9-15-24(26)29)30(36)37-20-21-10-3-1-4-11-21/h1-8,10-14,16,24,26,29H,9,15,17-20H2,(H,34,35)/t24-,26+,29+/m1/s1. The number of carboxylic acid groups (broad SMARTS) is 1. The fourth-order valence-corrected chi connectivity index (χ4v) is 5.76. The van der Waals surface area contributed by atoms with E-state index in [1.807, 2.05) is 84.9 Å². The summed E-state index contributed by atoms with van der Waals surface area (Å²) in [6.07, 6.45) is 1.86. The number of amides is 2. The van der Waals surface area contributed by atoms with Crippen molar-refractivity contribution in [3.8, 4) is 0 Å². The lowest BCUT2D eigenvalue weighted by molar-refractivity contribution is -0.138. The molecule has 7 nitrogen and oxygen atoms in total. The molecule has 3 aromatic rings. The molecule has 1 saturated carbocycles. The largest absolute Gasteiger partial charge is 0.481 e. The molecule has 7 heteroatoms. The quantitative estimate of drug-likeness (QED) is 0.435. The zero-order chi connectivity index (χ0) is 25.8. The monoisotopic (exact) mass is 498 g/mol. The number of hydrogen-bond acceptors (Lipinski definition) is 4. The summed E-state index contributed by atoms with van der Waals surface area (Å²) in [4.78, 5) is 41.9. The molecule has 0 aromatic heterocycles. The minimum Gasteiger partial charge on any atom is -0.481 e. The van der Waals surface area contributed by atoms with Crippen LogP contribution in [0.15, 0.2) is 84.9 Å². The Balaban J connectivity index is 1.52. The second-order valence-electron chi connectivity index (χ2n) is 9.57. The molecule has 0 saturated heterocycles. The van der Waals surface area contributed by atoms with Crippen LogP contribution in [0.25, 0.3) is 0 Å². The third kappa shape index (κ3) is 5.07. The number of ether oxygens (including phenoxy) is 1. The molecule has 0 spiro atoms. The number of para-hydroxylation sites is 2. The fraction of sp³-hybridized carbons (Fsp3) is 0.300. The first kappa shape index (κ1) is 24.6. The number of benzene rings is 3. The molecular formula is C30H30N2O5. The van der Waals surface area contributed by atoms with E-state index in [-0.39, 0.29) is 43.4 Å². The maximum Gasteiger partial charge on any atom is 0.414 e. The smallest absolute Gasteiger partial charge is 0.414 e. The Hall–Kier alpha value is -4.13. The van der Waals surface area contributed by atoms with Crippen molar-refractivity contribution in [1.29, 1.82) is 0 Å². The highest BCUT2D eigenvalue weighted by atomic mass is 16.6. The molecule has 5 rings (SSSR count). The van der Waals surface area contributed by atoms with Crippen LogP contribution in [0.4, 0.5) is 16.2 Å². The molecule has 0 bridgehead atoms. The van der Waals surface area contributed by atoms with Gasteiger partial charge in [-0.25, -0.2) is 4.79 Å². The summed E-state index contributed by atoms with van der Waals surface area (Å²) >= 11 is 0. The summed E-state index contributed by atoms with van der Waals surface area (Å²) in [5.41, 5.74) is 3.25. The topological polar surface area (TPSA) is 87.2 Å². The van der Waals surface area contributed by atoms with E-state index in [1.54, 1.807) is 9.80 Å². The van der Waals surface area contributed by atoms with Crippen LogP contribution < -0.4 is 9.80 Å². The van der Waals surface area contributed by atoms with E-state index < -0.39 is 12.1 Å². The Kier molecular flexibility index (Phi) is 7.21. The highest BCUT2D eigenvalue weighted by Gasteiger charge is 2.49. The summed E-state index contributed by atoms with van der Waals surface area (Å²) in [7, 11) is 0. The summed E-state index contributed by atoms with van der Waals surface area (Å²) in [5.74, 6) is -1.25. The number of hydrogen-bond donors (Lipinski definition) is 1. The molecule has 2 amide bonds. The summed E-state index contributed by atoms with van der Waals surface area (Å²) in [6.45, 7) is 0.184. The minimum atomic E-state index is -1.00. The van der Waals surface area contributed by atoms with Crippen LogP contribution >= 0.6 is 0 Å². The fourth-order valence-electron chi connectivity index (χ4n) is 5.76. The van der Waals surface area contributed by atoms with Gasteiger partial charge in [0.15, 0.2) is 0 Å². The highest BCUT2D eigenvalue weighted by Crippen LogP contribution is 2.51. The zero-order valence-corrected chi connectivity index (χ0v) is 20.5. The normalized spacial score (nSPS) is 20.0. The van der Waals surface area contributed by atoms with E-state index in [1.165, 1.54) is 0 Å². The van der Waals surface area contributed by atoms with Gasteiger partial charge in [-0.1, -0.05) is 73.2 Å². The predicted molar refractivity (Wildman–Crippen MR) is 140 cm³/mol. The zero-order valence-electron chi connectivity index (χ0n) is 20.5. The number of fused-ring (bicyclic) bond motifs is 2. The molecule has 1 heterocycles. The lowest BCUT2D eigenvalue weighted by Crippen LogP contribution is -2.52. The molecule has 0 radical (unpaired) electrons. The second-order valence-corrected chi connectivity index (χ2v) is 9.57. The van der Waals surface area contributed by atoms with Crippen LogP contribution in [0.2, 0.25) is 0 Å².